The Morgan fingerprint density at radius 2 is 2.16 bits per heavy atom. The minimum absolute atomic E-state index is 0.133. The van der Waals surface area contributed by atoms with E-state index in [-0.39, 0.29) is 5.41 Å². The van der Waals surface area contributed by atoms with E-state index in [1.807, 2.05) is 0 Å². The van der Waals surface area contributed by atoms with Crippen LogP contribution in [0.25, 0.3) is 0 Å². The summed E-state index contributed by atoms with van der Waals surface area (Å²) in [6.07, 6.45) is 6.10. The number of rotatable bonds is 1. The second-order valence-electron chi connectivity index (χ2n) is 7.04. The SMILES string of the molecule is CC(C)(C)c1cn2c(n1)NC(C1CCCNC1)CC2. The third-order valence-corrected chi connectivity index (χ3v) is 4.44. The van der Waals surface area contributed by atoms with Crippen LogP contribution in [-0.2, 0) is 12.0 Å². The average Bonchev–Trinajstić information content (AvgIpc) is 2.82. The van der Waals surface area contributed by atoms with E-state index in [2.05, 4.69) is 42.2 Å². The van der Waals surface area contributed by atoms with E-state index in [1.165, 1.54) is 31.5 Å². The van der Waals surface area contributed by atoms with Crippen LogP contribution < -0.4 is 10.6 Å². The van der Waals surface area contributed by atoms with Crippen molar-refractivity contribution in [2.24, 2.45) is 5.92 Å². The van der Waals surface area contributed by atoms with E-state index in [9.17, 15) is 0 Å². The molecule has 0 aromatic carbocycles. The summed E-state index contributed by atoms with van der Waals surface area (Å²) in [7, 11) is 0. The second kappa shape index (κ2) is 4.82. The van der Waals surface area contributed by atoms with Gasteiger partial charge in [-0.25, -0.2) is 4.98 Å². The molecule has 4 heteroatoms. The van der Waals surface area contributed by atoms with Gasteiger partial charge in [0.25, 0.3) is 0 Å². The lowest BCUT2D eigenvalue weighted by atomic mass is 9.89. The van der Waals surface area contributed by atoms with Crippen LogP contribution in [0.5, 0.6) is 0 Å². The van der Waals surface area contributed by atoms with E-state index in [4.69, 9.17) is 4.98 Å². The van der Waals surface area contributed by atoms with Crippen molar-refractivity contribution in [3.05, 3.63) is 11.9 Å². The van der Waals surface area contributed by atoms with E-state index in [1.54, 1.807) is 0 Å². The number of imidazole rings is 1. The molecule has 1 aromatic heterocycles. The van der Waals surface area contributed by atoms with Crippen LogP contribution in [0.3, 0.4) is 0 Å². The molecule has 0 radical (unpaired) electrons. The first-order valence-electron chi connectivity index (χ1n) is 7.59. The minimum Gasteiger partial charge on any atom is -0.353 e. The van der Waals surface area contributed by atoms with Gasteiger partial charge < -0.3 is 15.2 Å². The van der Waals surface area contributed by atoms with Crippen molar-refractivity contribution < 1.29 is 0 Å². The van der Waals surface area contributed by atoms with Crippen LogP contribution in [0.2, 0.25) is 0 Å². The first kappa shape index (κ1) is 13.0. The molecule has 3 heterocycles. The third kappa shape index (κ3) is 2.64. The molecule has 2 aliphatic rings. The van der Waals surface area contributed by atoms with Crippen molar-refractivity contribution in [2.75, 3.05) is 18.4 Å². The van der Waals surface area contributed by atoms with Crippen molar-refractivity contribution in [1.82, 2.24) is 14.9 Å². The van der Waals surface area contributed by atoms with Crippen LogP contribution in [0.15, 0.2) is 6.20 Å². The first-order valence-corrected chi connectivity index (χ1v) is 7.59. The number of aryl methyl sites for hydroxylation is 1. The smallest absolute Gasteiger partial charge is 0.203 e. The summed E-state index contributed by atoms with van der Waals surface area (Å²) in [5.74, 6) is 1.84. The summed E-state index contributed by atoms with van der Waals surface area (Å²) in [5, 5.41) is 7.19. The normalized spacial score (nSPS) is 27.7. The van der Waals surface area contributed by atoms with Crippen LogP contribution in [0, 0.1) is 5.92 Å². The van der Waals surface area contributed by atoms with Crippen molar-refractivity contribution in [2.45, 2.75) is 58.0 Å². The Kier molecular flexibility index (Phi) is 3.29. The third-order valence-electron chi connectivity index (χ3n) is 4.44. The molecule has 2 N–H and O–H groups in total. The van der Waals surface area contributed by atoms with Crippen LogP contribution in [0.4, 0.5) is 5.95 Å². The van der Waals surface area contributed by atoms with Gasteiger partial charge in [-0.05, 0) is 38.3 Å². The largest absolute Gasteiger partial charge is 0.353 e. The van der Waals surface area contributed by atoms with E-state index in [0.29, 0.717) is 6.04 Å². The molecule has 1 saturated heterocycles. The highest BCUT2D eigenvalue weighted by Gasteiger charge is 2.29. The average molecular weight is 262 g/mol. The Morgan fingerprint density at radius 3 is 2.84 bits per heavy atom. The molecule has 3 rings (SSSR count). The molecule has 0 spiro atoms. The fourth-order valence-electron chi connectivity index (χ4n) is 3.15. The maximum atomic E-state index is 4.80. The predicted octanol–water partition coefficient (Wildman–Crippen LogP) is 2.36. The number of piperidine rings is 1. The first-order chi connectivity index (χ1) is 9.04. The van der Waals surface area contributed by atoms with Crippen molar-refractivity contribution in [1.29, 1.82) is 0 Å². The van der Waals surface area contributed by atoms with Crippen molar-refractivity contribution in [3.63, 3.8) is 0 Å². The number of anilines is 1. The quantitative estimate of drug-likeness (QED) is 0.816. The van der Waals surface area contributed by atoms with Gasteiger partial charge in [-0.15, -0.1) is 0 Å². The van der Waals surface area contributed by atoms with Gasteiger partial charge in [0.2, 0.25) is 5.95 Å². The number of fused-ring (bicyclic) bond motifs is 1. The van der Waals surface area contributed by atoms with Crippen LogP contribution in [-0.4, -0.2) is 28.7 Å². The molecule has 0 saturated carbocycles. The number of nitrogens with one attached hydrogen (secondary N) is 2. The zero-order chi connectivity index (χ0) is 13.5. The molecule has 106 valence electrons. The molecular formula is C15H26N4. The maximum Gasteiger partial charge on any atom is 0.203 e. The van der Waals surface area contributed by atoms with Crippen molar-refractivity contribution in [3.8, 4) is 0 Å². The van der Waals surface area contributed by atoms with Crippen LogP contribution in [0.1, 0.15) is 45.7 Å². The predicted molar refractivity (Wildman–Crippen MR) is 78.5 cm³/mol. The Labute approximate surface area is 116 Å². The summed E-state index contributed by atoms with van der Waals surface area (Å²) >= 11 is 0. The van der Waals surface area contributed by atoms with E-state index < -0.39 is 0 Å². The number of hydrogen-bond acceptors (Lipinski definition) is 3. The van der Waals surface area contributed by atoms with Gasteiger partial charge in [-0.2, -0.15) is 0 Å². The number of nitrogens with zero attached hydrogens (tertiary/aromatic N) is 2. The molecule has 0 amide bonds. The number of aromatic nitrogens is 2. The highest BCUT2D eigenvalue weighted by atomic mass is 15.2. The highest BCUT2D eigenvalue weighted by Crippen LogP contribution is 2.29. The monoisotopic (exact) mass is 262 g/mol. The Balaban J connectivity index is 1.74. The summed E-state index contributed by atoms with van der Waals surface area (Å²) in [6, 6.07) is 0.593. The molecule has 1 aromatic rings. The summed E-state index contributed by atoms with van der Waals surface area (Å²) < 4.78 is 2.29. The lowest BCUT2D eigenvalue weighted by molar-refractivity contribution is 0.308. The van der Waals surface area contributed by atoms with Gasteiger partial charge in [0.05, 0.1) is 5.69 Å². The standard InChI is InChI=1S/C15H26N4/c1-15(2,3)13-10-19-8-6-12(17-14(19)18-13)11-5-4-7-16-9-11/h10-12,16H,4-9H2,1-3H3,(H,17,18). The lowest BCUT2D eigenvalue weighted by Crippen LogP contribution is -2.43. The molecule has 2 unspecified atom stereocenters. The molecule has 1 fully saturated rings. The molecule has 0 bridgehead atoms. The molecule has 19 heavy (non-hydrogen) atoms. The zero-order valence-electron chi connectivity index (χ0n) is 12.4. The van der Waals surface area contributed by atoms with Gasteiger partial charge in [-0.1, -0.05) is 20.8 Å². The Morgan fingerprint density at radius 1 is 1.32 bits per heavy atom. The molecule has 0 aliphatic carbocycles. The number of hydrogen-bond donors (Lipinski definition) is 2. The molecular weight excluding hydrogens is 236 g/mol. The van der Waals surface area contributed by atoms with Gasteiger partial charge in [0.1, 0.15) is 0 Å². The van der Waals surface area contributed by atoms with Crippen molar-refractivity contribution >= 4 is 5.95 Å². The summed E-state index contributed by atoms with van der Waals surface area (Å²) in [5.41, 5.74) is 1.32. The summed E-state index contributed by atoms with van der Waals surface area (Å²) in [6.45, 7) is 10.1. The topological polar surface area (TPSA) is 41.9 Å². The fourth-order valence-corrected chi connectivity index (χ4v) is 3.15. The summed E-state index contributed by atoms with van der Waals surface area (Å²) in [4.78, 5) is 4.80. The maximum absolute atomic E-state index is 4.80. The van der Waals surface area contributed by atoms with E-state index in [0.717, 1.165) is 25.0 Å². The van der Waals surface area contributed by atoms with E-state index >= 15 is 0 Å². The molecule has 2 aliphatic heterocycles. The fraction of sp³-hybridized carbons (Fsp3) is 0.800. The molecule has 4 nitrogen and oxygen atoms in total. The van der Waals surface area contributed by atoms with Gasteiger partial charge in [0.15, 0.2) is 0 Å². The van der Waals surface area contributed by atoms with Gasteiger partial charge >= 0.3 is 0 Å². The Hall–Kier alpha value is -1.03. The van der Waals surface area contributed by atoms with Crippen LogP contribution >= 0.6 is 0 Å². The lowest BCUT2D eigenvalue weighted by Gasteiger charge is -2.34. The van der Waals surface area contributed by atoms with Gasteiger partial charge in [-0.3, -0.25) is 0 Å². The van der Waals surface area contributed by atoms with Gasteiger partial charge in [0, 0.05) is 24.2 Å². The Bertz CT molecular complexity index is 437. The zero-order valence-corrected chi connectivity index (χ0v) is 12.4. The minimum atomic E-state index is 0.133. The highest BCUT2D eigenvalue weighted by molar-refractivity contribution is 5.34. The molecule has 2 atom stereocenters. The second-order valence-corrected chi connectivity index (χ2v) is 7.04.